The van der Waals surface area contributed by atoms with E-state index in [0.29, 0.717) is 31.8 Å². The maximum absolute atomic E-state index is 14.3. The van der Waals surface area contributed by atoms with Crippen molar-refractivity contribution in [1.29, 1.82) is 0 Å². The van der Waals surface area contributed by atoms with Gasteiger partial charge in [-0.3, -0.25) is 4.79 Å². The van der Waals surface area contributed by atoms with Crippen molar-refractivity contribution >= 4 is 43.0 Å². The first kappa shape index (κ1) is 21.4. The summed E-state index contributed by atoms with van der Waals surface area (Å²) >= 11 is 1.17. The summed E-state index contributed by atoms with van der Waals surface area (Å²) in [4.78, 5) is 13.4. The summed E-state index contributed by atoms with van der Waals surface area (Å²) in [6.07, 6.45) is 0. The van der Waals surface area contributed by atoms with E-state index in [0.717, 1.165) is 4.31 Å². The number of carbonyl (C=O) groups excluding carboxylic acids is 1. The van der Waals surface area contributed by atoms with Crippen LogP contribution in [-0.2, 0) is 21.4 Å². The number of anilines is 1. The summed E-state index contributed by atoms with van der Waals surface area (Å²) in [5.41, 5.74) is 1.55. The van der Waals surface area contributed by atoms with Gasteiger partial charge in [-0.25, -0.2) is 17.1 Å². The molecule has 0 unspecified atom stereocenters. The van der Waals surface area contributed by atoms with Gasteiger partial charge in [0.05, 0.1) is 16.4 Å². The largest absolute Gasteiger partial charge is 0.380 e. The zero-order valence-corrected chi connectivity index (χ0v) is 18.1. The number of amides is 1. The average Bonchev–Trinajstić information content (AvgIpc) is 3.03. The lowest BCUT2D eigenvalue weighted by atomic mass is 10.1. The third-order valence-electron chi connectivity index (χ3n) is 4.49. The van der Waals surface area contributed by atoms with Crippen molar-refractivity contribution in [1.82, 2.24) is 4.31 Å². The van der Waals surface area contributed by atoms with Gasteiger partial charge in [-0.05, 0) is 36.8 Å². The van der Waals surface area contributed by atoms with E-state index in [-0.39, 0.29) is 11.5 Å². The molecule has 29 heavy (non-hydrogen) atoms. The van der Waals surface area contributed by atoms with Crippen molar-refractivity contribution in [3.05, 3.63) is 58.2 Å². The molecule has 0 fully saturated rings. The molecule has 2 aromatic carbocycles. The van der Waals surface area contributed by atoms with Gasteiger partial charge < -0.3 is 10.1 Å². The number of nitrogens with one attached hydrogen (secondary N) is 1. The first-order valence-electron chi connectivity index (χ1n) is 8.70. The summed E-state index contributed by atoms with van der Waals surface area (Å²) in [6.45, 7) is 1.85. The third-order valence-corrected chi connectivity index (χ3v) is 7.50. The van der Waals surface area contributed by atoms with Gasteiger partial charge in [0.25, 0.3) is 5.91 Å². The quantitative estimate of drug-likeness (QED) is 0.634. The topological polar surface area (TPSA) is 75.7 Å². The molecule has 9 heteroatoms. The molecule has 0 atom stereocenters. The lowest BCUT2D eigenvalue weighted by Crippen LogP contribution is -2.22. The SMILES string of the molecule is COCc1c(C(=O)Nc2cc(S(=O)(=O)N(C)C)ccc2C)sc2cccc(F)c12. The van der Waals surface area contributed by atoms with E-state index in [9.17, 15) is 17.6 Å². The Morgan fingerprint density at radius 3 is 2.62 bits per heavy atom. The Morgan fingerprint density at radius 1 is 1.24 bits per heavy atom. The molecule has 3 rings (SSSR count). The second-order valence-electron chi connectivity index (χ2n) is 6.67. The van der Waals surface area contributed by atoms with Gasteiger partial charge in [-0.15, -0.1) is 11.3 Å². The molecule has 0 aliphatic heterocycles. The molecule has 0 saturated carbocycles. The van der Waals surface area contributed by atoms with Crippen molar-refractivity contribution < 1.29 is 22.3 Å². The molecule has 0 saturated heterocycles. The highest BCUT2D eigenvalue weighted by Crippen LogP contribution is 2.34. The fraction of sp³-hybridized carbons (Fsp3) is 0.250. The number of carbonyl (C=O) groups is 1. The maximum atomic E-state index is 14.3. The van der Waals surface area contributed by atoms with Crippen LogP contribution in [0.1, 0.15) is 20.8 Å². The minimum atomic E-state index is -3.64. The second kappa shape index (κ2) is 8.19. The zero-order valence-electron chi connectivity index (χ0n) is 16.4. The molecule has 1 heterocycles. The number of benzene rings is 2. The highest BCUT2D eigenvalue weighted by atomic mass is 32.2. The molecule has 0 aliphatic rings. The van der Waals surface area contributed by atoms with Crippen LogP contribution in [0.25, 0.3) is 10.1 Å². The van der Waals surface area contributed by atoms with E-state index in [1.807, 2.05) is 0 Å². The Kier molecular flexibility index (Phi) is 6.04. The fourth-order valence-electron chi connectivity index (χ4n) is 2.92. The van der Waals surface area contributed by atoms with Crippen LogP contribution in [-0.4, -0.2) is 39.8 Å². The summed E-state index contributed by atoms with van der Waals surface area (Å²) in [5.74, 6) is -0.861. The number of rotatable bonds is 6. The summed E-state index contributed by atoms with van der Waals surface area (Å²) in [6, 6.07) is 9.22. The van der Waals surface area contributed by atoms with Crippen LogP contribution < -0.4 is 5.32 Å². The molecule has 1 N–H and O–H groups in total. The van der Waals surface area contributed by atoms with E-state index in [2.05, 4.69) is 5.32 Å². The minimum Gasteiger partial charge on any atom is -0.380 e. The summed E-state index contributed by atoms with van der Waals surface area (Å²) in [7, 11) is 0.715. The van der Waals surface area contributed by atoms with Crippen LogP contribution in [0.5, 0.6) is 0 Å². The fourth-order valence-corrected chi connectivity index (χ4v) is 4.96. The number of halogens is 1. The Labute approximate surface area is 173 Å². The van der Waals surface area contributed by atoms with Crippen LogP contribution in [0.3, 0.4) is 0 Å². The Hall–Kier alpha value is -2.33. The Balaban J connectivity index is 2.03. The van der Waals surface area contributed by atoms with Gasteiger partial charge in [0, 0.05) is 42.5 Å². The van der Waals surface area contributed by atoms with Crippen LogP contribution in [0.15, 0.2) is 41.3 Å². The van der Waals surface area contributed by atoms with Crippen molar-refractivity contribution in [2.24, 2.45) is 0 Å². The number of ether oxygens (including phenoxy) is 1. The number of aryl methyl sites for hydroxylation is 1. The smallest absolute Gasteiger partial charge is 0.266 e. The van der Waals surface area contributed by atoms with Crippen LogP contribution in [0, 0.1) is 12.7 Å². The average molecular weight is 437 g/mol. The number of methoxy groups -OCH3 is 1. The molecular weight excluding hydrogens is 415 g/mol. The van der Waals surface area contributed by atoms with Crippen molar-refractivity contribution in [3.8, 4) is 0 Å². The van der Waals surface area contributed by atoms with Gasteiger partial charge in [0.2, 0.25) is 10.0 Å². The molecule has 0 radical (unpaired) electrons. The third kappa shape index (κ3) is 4.04. The van der Waals surface area contributed by atoms with E-state index >= 15 is 0 Å². The van der Waals surface area contributed by atoms with E-state index in [1.165, 1.54) is 50.7 Å². The molecule has 3 aromatic rings. The van der Waals surface area contributed by atoms with Gasteiger partial charge >= 0.3 is 0 Å². The van der Waals surface area contributed by atoms with Gasteiger partial charge in [-0.2, -0.15) is 0 Å². The number of fused-ring (bicyclic) bond motifs is 1. The molecule has 1 aromatic heterocycles. The normalized spacial score (nSPS) is 11.9. The molecule has 0 spiro atoms. The maximum Gasteiger partial charge on any atom is 0.266 e. The van der Waals surface area contributed by atoms with Crippen molar-refractivity contribution in [2.45, 2.75) is 18.4 Å². The number of sulfonamides is 1. The van der Waals surface area contributed by atoms with Crippen molar-refractivity contribution in [2.75, 3.05) is 26.5 Å². The molecule has 1 amide bonds. The number of hydrogen-bond donors (Lipinski definition) is 1. The molecular formula is C20H21FN2O4S2. The predicted octanol–water partition coefficient (Wildman–Crippen LogP) is 4.00. The van der Waals surface area contributed by atoms with Crippen LogP contribution in [0.2, 0.25) is 0 Å². The number of nitrogens with zero attached hydrogens (tertiary/aromatic N) is 1. The van der Waals surface area contributed by atoms with E-state index < -0.39 is 21.7 Å². The summed E-state index contributed by atoms with van der Waals surface area (Å²) < 4.78 is 46.1. The van der Waals surface area contributed by atoms with Crippen molar-refractivity contribution in [3.63, 3.8) is 0 Å². The first-order chi connectivity index (χ1) is 13.7. The highest BCUT2D eigenvalue weighted by Gasteiger charge is 2.23. The minimum absolute atomic E-state index is 0.0721. The van der Waals surface area contributed by atoms with E-state index in [1.54, 1.807) is 25.1 Å². The lowest BCUT2D eigenvalue weighted by molar-refractivity contribution is 0.102. The monoisotopic (exact) mass is 436 g/mol. The van der Waals surface area contributed by atoms with Gasteiger partial charge in [-0.1, -0.05) is 12.1 Å². The summed E-state index contributed by atoms with van der Waals surface area (Å²) in [5, 5.41) is 3.13. The number of thiophene rings is 1. The Bertz CT molecular complexity index is 1190. The lowest BCUT2D eigenvalue weighted by Gasteiger charge is -2.14. The number of hydrogen-bond acceptors (Lipinski definition) is 5. The standard InChI is InChI=1S/C20H21FN2O4S2/c1-12-8-9-13(29(25,26)23(2)3)10-16(12)22-20(24)19-14(11-27-4)18-15(21)6-5-7-17(18)28-19/h5-10H,11H2,1-4H3,(H,22,24). The molecule has 0 aliphatic carbocycles. The molecule has 0 bridgehead atoms. The Morgan fingerprint density at radius 2 is 1.97 bits per heavy atom. The first-order valence-corrected chi connectivity index (χ1v) is 11.0. The van der Waals surface area contributed by atoms with Gasteiger partial charge in [0.15, 0.2) is 0 Å². The molecule has 154 valence electrons. The van der Waals surface area contributed by atoms with Crippen LogP contribution >= 0.6 is 11.3 Å². The van der Waals surface area contributed by atoms with E-state index in [4.69, 9.17) is 4.74 Å². The van der Waals surface area contributed by atoms with Crippen LogP contribution in [0.4, 0.5) is 10.1 Å². The molecule has 6 nitrogen and oxygen atoms in total. The highest BCUT2D eigenvalue weighted by molar-refractivity contribution is 7.89. The van der Waals surface area contributed by atoms with Gasteiger partial charge in [0.1, 0.15) is 5.82 Å². The second-order valence-corrected chi connectivity index (χ2v) is 9.88. The zero-order chi connectivity index (χ0) is 21.3. The predicted molar refractivity (Wildman–Crippen MR) is 113 cm³/mol.